The molecular formula is C15H11Cl2FN2. The van der Waals surface area contributed by atoms with Crippen LogP contribution in [0.25, 0.3) is 16.7 Å². The van der Waals surface area contributed by atoms with Gasteiger partial charge in [-0.15, -0.1) is 11.6 Å². The summed E-state index contributed by atoms with van der Waals surface area (Å²) in [5.41, 5.74) is 1.69. The van der Waals surface area contributed by atoms with E-state index in [1.54, 1.807) is 29.7 Å². The minimum Gasteiger partial charge on any atom is -0.293 e. The molecule has 3 rings (SSSR count). The maximum absolute atomic E-state index is 13.9. The van der Waals surface area contributed by atoms with Crippen molar-refractivity contribution in [2.24, 2.45) is 0 Å². The molecule has 102 valence electrons. The Morgan fingerprint density at radius 3 is 2.60 bits per heavy atom. The van der Waals surface area contributed by atoms with Crippen LogP contribution in [-0.2, 0) is 0 Å². The van der Waals surface area contributed by atoms with Gasteiger partial charge in [-0.3, -0.25) is 4.57 Å². The van der Waals surface area contributed by atoms with E-state index in [0.29, 0.717) is 21.9 Å². The van der Waals surface area contributed by atoms with Crippen LogP contribution in [0.2, 0.25) is 5.02 Å². The number of rotatable bonds is 2. The lowest BCUT2D eigenvalue weighted by Crippen LogP contribution is -2.02. The second-order valence-electron chi connectivity index (χ2n) is 4.48. The normalized spacial score (nSPS) is 12.8. The first-order valence-electron chi connectivity index (χ1n) is 6.15. The van der Waals surface area contributed by atoms with E-state index in [1.807, 2.05) is 18.2 Å². The molecule has 0 aliphatic heterocycles. The number of hydrogen-bond acceptors (Lipinski definition) is 1. The summed E-state index contributed by atoms with van der Waals surface area (Å²) >= 11 is 12.4. The lowest BCUT2D eigenvalue weighted by atomic mass is 10.2. The molecule has 0 amide bonds. The van der Waals surface area contributed by atoms with Crippen LogP contribution < -0.4 is 0 Å². The van der Waals surface area contributed by atoms with Gasteiger partial charge in [-0.2, -0.15) is 0 Å². The Morgan fingerprint density at radius 2 is 1.90 bits per heavy atom. The third-order valence-electron chi connectivity index (χ3n) is 3.11. The molecule has 0 radical (unpaired) electrons. The average Bonchev–Trinajstić information content (AvgIpc) is 2.80. The Balaban J connectivity index is 2.42. The second-order valence-corrected chi connectivity index (χ2v) is 5.54. The Bertz CT molecular complexity index is 781. The van der Waals surface area contributed by atoms with Crippen molar-refractivity contribution in [1.82, 2.24) is 9.55 Å². The zero-order valence-corrected chi connectivity index (χ0v) is 12.2. The zero-order valence-electron chi connectivity index (χ0n) is 10.6. The molecule has 2 aromatic carbocycles. The van der Waals surface area contributed by atoms with Crippen molar-refractivity contribution in [2.45, 2.75) is 12.3 Å². The summed E-state index contributed by atoms with van der Waals surface area (Å²) in [5.74, 6) is 0.201. The summed E-state index contributed by atoms with van der Waals surface area (Å²) in [4.78, 5) is 4.33. The topological polar surface area (TPSA) is 17.8 Å². The van der Waals surface area contributed by atoms with Crippen molar-refractivity contribution in [3.8, 4) is 5.69 Å². The van der Waals surface area contributed by atoms with Gasteiger partial charge in [0.2, 0.25) is 0 Å². The standard InChI is InChI=1S/C15H11Cl2FN2/c1-9(16)15-19-14-11(18)6-4-8-13(14)20(15)12-7-3-2-5-10(12)17/h2-9H,1H3. The number of imidazole rings is 1. The second kappa shape index (κ2) is 5.08. The first-order chi connectivity index (χ1) is 9.59. The number of halogens is 3. The highest BCUT2D eigenvalue weighted by atomic mass is 35.5. The van der Waals surface area contributed by atoms with Crippen LogP contribution in [0.1, 0.15) is 18.1 Å². The highest BCUT2D eigenvalue weighted by Crippen LogP contribution is 2.32. The molecule has 1 heterocycles. The fraction of sp³-hybridized carbons (Fsp3) is 0.133. The molecule has 0 fully saturated rings. The monoisotopic (exact) mass is 308 g/mol. The van der Waals surface area contributed by atoms with Crippen LogP contribution in [0, 0.1) is 5.82 Å². The van der Waals surface area contributed by atoms with E-state index in [-0.39, 0.29) is 11.2 Å². The summed E-state index contributed by atoms with van der Waals surface area (Å²) in [5, 5.41) is 0.202. The Morgan fingerprint density at radius 1 is 1.15 bits per heavy atom. The predicted molar refractivity (Wildman–Crippen MR) is 80.3 cm³/mol. The van der Waals surface area contributed by atoms with E-state index in [0.717, 1.165) is 5.69 Å². The van der Waals surface area contributed by atoms with E-state index in [4.69, 9.17) is 23.2 Å². The lowest BCUT2D eigenvalue weighted by Gasteiger charge is -2.12. The van der Waals surface area contributed by atoms with Crippen molar-refractivity contribution in [3.05, 3.63) is 59.1 Å². The summed E-state index contributed by atoms with van der Waals surface area (Å²) in [6, 6.07) is 12.2. The summed E-state index contributed by atoms with van der Waals surface area (Å²) in [6.45, 7) is 1.80. The molecule has 1 atom stereocenters. The predicted octanol–water partition coefficient (Wildman–Crippen LogP) is 5.12. The minimum absolute atomic E-state index is 0.301. The van der Waals surface area contributed by atoms with Gasteiger partial charge in [0.15, 0.2) is 5.82 Å². The number of para-hydroxylation sites is 2. The van der Waals surface area contributed by atoms with Crippen LogP contribution in [0.5, 0.6) is 0 Å². The van der Waals surface area contributed by atoms with E-state index >= 15 is 0 Å². The van der Waals surface area contributed by atoms with Gasteiger partial charge in [-0.1, -0.05) is 29.8 Å². The zero-order chi connectivity index (χ0) is 14.3. The highest BCUT2D eigenvalue weighted by Gasteiger charge is 2.19. The van der Waals surface area contributed by atoms with Gasteiger partial charge < -0.3 is 0 Å². The third kappa shape index (κ3) is 2.07. The van der Waals surface area contributed by atoms with Crippen LogP contribution in [0.3, 0.4) is 0 Å². The summed E-state index contributed by atoms with van der Waals surface area (Å²) < 4.78 is 15.7. The summed E-state index contributed by atoms with van der Waals surface area (Å²) in [7, 11) is 0. The molecule has 3 aromatic rings. The minimum atomic E-state index is -0.369. The smallest absolute Gasteiger partial charge is 0.151 e. The number of fused-ring (bicyclic) bond motifs is 1. The number of aromatic nitrogens is 2. The fourth-order valence-electron chi connectivity index (χ4n) is 2.24. The molecule has 0 N–H and O–H groups in total. The molecule has 5 heteroatoms. The van der Waals surface area contributed by atoms with Crippen LogP contribution in [-0.4, -0.2) is 9.55 Å². The number of benzene rings is 2. The molecule has 20 heavy (non-hydrogen) atoms. The third-order valence-corrected chi connectivity index (χ3v) is 3.63. The molecule has 0 saturated heterocycles. The fourth-order valence-corrected chi connectivity index (χ4v) is 2.60. The highest BCUT2D eigenvalue weighted by molar-refractivity contribution is 6.32. The maximum atomic E-state index is 13.9. The molecular weight excluding hydrogens is 298 g/mol. The molecule has 0 bridgehead atoms. The Labute approximate surface area is 125 Å². The van der Waals surface area contributed by atoms with Crippen molar-refractivity contribution >= 4 is 34.2 Å². The quantitative estimate of drug-likeness (QED) is 0.601. The van der Waals surface area contributed by atoms with Crippen LogP contribution in [0.4, 0.5) is 4.39 Å². The Hall–Kier alpha value is -1.58. The van der Waals surface area contributed by atoms with Gasteiger partial charge in [0.1, 0.15) is 11.3 Å². The van der Waals surface area contributed by atoms with Gasteiger partial charge in [0.05, 0.1) is 21.6 Å². The molecule has 0 aliphatic carbocycles. The number of hydrogen-bond donors (Lipinski definition) is 0. The van der Waals surface area contributed by atoms with Crippen molar-refractivity contribution < 1.29 is 4.39 Å². The van der Waals surface area contributed by atoms with Crippen LogP contribution in [0.15, 0.2) is 42.5 Å². The van der Waals surface area contributed by atoms with Gasteiger partial charge in [-0.05, 0) is 31.2 Å². The van der Waals surface area contributed by atoms with E-state index in [1.165, 1.54) is 6.07 Å². The van der Waals surface area contributed by atoms with Crippen molar-refractivity contribution in [2.75, 3.05) is 0 Å². The van der Waals surface area contributed by atoms with Gasteiger partial charge in [0.25, 0.3) is 0 Å². The Kier molecular flexibility index (Phi) is 3.40. The van der Waals surface area contributed by atoms with Gasteiger partial charge in [0, 0.05) is 0 Å². The molecule has 0 aliphatic rings. The molecule has 2 nitrogen and oxygen atoms in total. The van der Waals surface area contributed by atoms with Crippen molar-refractivity contribution in [1.29, 1.82) is 0 Å². The average molecular weight is 309 g/mol. The number of nitrogens with zero attached hydrogens (tertiary/aromatic N) is 2. The number of alkyl halides is 1. The van der Waals surface area contributed by atoms with Crippen LogP contribution >= 0.6 is 23.2 Å². The molecule has 0 saturated carbocycles. The van der Waals surface area contributed by atoms with E-state index in [2.05, 4.69) is 4.98 Å². The molecule has 1 aromatic heterocycles. The molecule has 1 unspecified atom stereocenters. The summed E-state index contributed by atoms with van der Waals surface area (Å²) in [6.07, 6.45) is 0. The lowest BCUT2D eigenvalue weighted by molar-refractivity contribution is 0.637. The molecule has 0 spiro atoms. The largest absolute Gasteiger partial charge is 0.293 e. The van der Waals surface area contributed by atoms with Gasteiger partial charge >= 0.3 is 0 Å². The van der Waals surface area contributed by atoms with Crippen molar-refractivity contribution in [3.63, 3.8) is 0 Å². The SMILES string of the molecule is CC(Cl)c1nc2c(F)cccc2n1-c1ccccc1Cl. The first kappa shape index (κ1) is 13.4. The van der Waals surface area contributed by atoms with Gasteiger partial charge in [-0.25, -0.2) is 9.37 Å². The first-order valence-corrected chi connectivity index (χ1v) is 6.97. The van der Waals surface area contributed by atoms with E-state index < -0.39 is 0 Å². The maximum Gasteiger partial charge on any atom is 0.151 e. The van der Waals surface area contributed by atoms with E-state index in [9.17, 15) is 4.39 Å².